The van der Waals surface area contributed by atoms with Crippen molar-refractivity contribution in [2.75, 3.05) is 30.3 Å². The van der Waals surface area contributed by atoms with E-state index < -0.39 is 11.6 Å². The Morgan fingerprint density at radius 1 is 1.07 bits per heavy atom. The van der Waals surface area contributed by atoms with Crippen molar-refractivity contribution in [1.29, 1.82) is 0 Å². The van der Waals surface area contributed by atoms with E-state index in [4.69, 9.17) is 9.47 Å². The normalized spacial score (nSPS) is 13.4. The second-order valence-corrected chi connectivity index (χ2v) is 10.7. The molecule has 1 saturated heterocycles. The average Bonchev–Trinajstić information content (AvgIpc) is 3.52. The second kappa shape index (κ2) is 13.2. The van der Waals surface area contributed by atoms with Gasteiger partial charge in [0.05, 0.1) is 41.1 Å². The van der Waals surface area contributed by atoms with Gasteiger partial charge in [-0.1, -0.05) is 6.58 Å². The molecule has 1 fully saturated rings. The largest absolute Gasteiger partial charge is 0.492 e. The summed E-state index contributed by atoms with van der Waals surface area (Å²) in [5.41, 5.74) is 2.28. The van der Waals surface area contributed by atoms with E-state index in [0.717, 1.165) is 18.5 Å². The summed E-state index contributed by atoms with van der Waals surface area (Å²) in [5, 5.41) is 11.6. The van der Waals surface area contributed by atoms with Crippen LogP contribution < -0.4 is 20.1 Å². The lowest BCUT2D eigenvalue weighted by molar-refractivity contribution is -0.126. The van der Waals surface area contributed by atoms with Crippen LogP contribution in [0, 0.1) is 18.6 Å². The summed E-state index contributed by atoms with van der Waals surface area (Å²) in [6.45, 7) is 8.77. The highest BCUT2D eigenvalue weighted by atomic mass is 19.1. The van der Waals surface area contributed by atoms with Gasteiger partial charge in [-0.25, -0.2) is 23.4 Å². The van der Waals surface area contributed by atoms with Gasteiger partial charge in [-0.2, -0.15) is 0 Å². The zero-order valence-corrected chi connectivity index (χ0v) is 25.3. The third-order valence-corrected chi connectivity index (χ3v) is 7.63. The van der Waals surface area contributed by atoms with Gasteiger partial charge in [0.15, 0.2) is 0 Å². The van der Waals surface area contributed by atoms with Gasteiger partial charge in [-0.05, 0) is 51.0 Å². The molecule has 1 aliphatic rings. The Labute approximate surface area is 263 Å². The topological polar surface area (TPSA) is 119 Å². The number of aromatic nitrogens is 5. The molecular weight excluding hydrogens is 594 g/mol. The first-order valence-electron chi connectivity index (χ1n) is 14.8. The standard InChI is InChI=1S/C33H32F2N8O3/c1-4-32(44)42-11-8-21(9-12-42)39-29-16-24-28(17-30(29)45-5-2)37-19-38-33(24)40-27-7-6-23(15-26(27)35)46-31-10-13-43(41-31)22-14-25(34)20(3)36-18-22/h4,6-7,10,13-19,21,39H,1,5,8-9,11-12H2,2-3H3,(H,37,38,40). The van der Waals surface area contributed by atoms with Crippen molar-refractivity contribution in [3.63, 3.8) is 0 Å². The van der Waals surface area contributed by atoms with Crippen LogP contribution in [0.3, 0.4) is 0 Å². The number of ether oxygens (including phenoxy) is 2. The van der Waals surface area contributed by atoms with Crippen molar-refractivity contribution >= 4 is 34.0 Å². The van der Waals surface area contributed by atoms with Crippen molar-refractivity contribution in [3.8, 4) is 23.1 Å². The van der Waals surface area contributed by atoms with Gasteiger partial charge in [0.2, 0.25) is 11.8 Å². The van der Waals surface area contributed by atoms with E-state index in [1.165, 1.54) is 35.4 Å². The number of hydrogen-bond acceptors (Lipinski definition) is 9. The molecule has 6 rings (SSSR count). The quantitative estimate of drug-likeness (QED) is 0.172. The molecule has 0 unspecified atom stereocenters. The van der Waals surface area contributed by atoms with Crippen LogP contribution in [0.25, 0.3) is 16.6 Å². The molecule has 46 heavy (non-hydrogen) atoms. The number of rotatable bonds is 10. The number of aryl methyl sites for hydroxylation is 1. The van der Waals surface area contributed by atoms with Gasteiger partial charge in [-0.15, -0.1) is 5.10 Å². The van der Waals surface area contributed by atoms with Gasteiger partial charge >= 0.3 is 0 Å². The highest BCUT2D eigenvalue weighted by Gasteiger charge is 2.23. The van der Waals surface area contributed by atoms with E-state index in [0.29, 0.717) is 47.9 Å². The van der Waals surface area contributed by atoms with Crippen LogP contribution in [0.4, 0.5) is 26.0 Å². The van der Waals surface area contributed by atoms with Gasteiger partial charge in [0.25, 0.3) is 0 Å². The lowest BCUT2D eigenvalue weighted by Crippen LogP contribution is -2.41. The van der Waals surface area contributed by atoms with E-state index in [-0.39, 0.29) is 35.0 Å². The minimum atomic E-state index is -0.571. The van der Waals surface area contributed by atoms with Crippen LogP contribution in [0.15, 0.2) is 73.8 Å². The molecule has 0 radical (unpaired) electrons. The molecule has 5 aromatic rings. The number of carbonyl (C=O) groups is 1. The van der Waals surface area contributed by atoms with Crippen LogP contribution in [-0.2, 0) is 4.79 Å². The lowest BCUT2D eigenvalue weighted by Gasteiger charge is -2.32. The Bertz CT molecular complexity index is 1910. The van der Waals surface area contributed by atoms with E-state index in [9.17, 15) is 9.18 Å². The smallest absolute Gasteiger partial charge is 0.245 e. The first-order chi connectivity index (χ1) is 22.3. The monoisotopic (exact) mass is 626 g/mol. The third kappa shape index (κ3) is 6.58. The number of fused-ring (bicyclic) bond motifs is 1. The maximum absolute atomic E-state index is 15.3. The van der Waals surface area contributed by atoms with Crippen molar-refractivity contribution in [2.24, 2.45) is 0 Å². The Balaban J connectivity index is 1.19. The number of piperidine rings is 1. The zero-order valence-electron chi connectivity index (χ0n) is 25.3. The highest BCUT2D eigenvalue weighted by molar-refractivity contribution is 5.95. The van der Waals surface area contributed by atoms with E-state index in [1.807, 2.05) is 19.1 Å². The molecule has 3 aromatic heterocycles. The number of anilines is 3. The fraction of sp³-hybridized carbons (Fsp3) is 0.242. The predicted molar refractivity (Wildman–Crippen MR) is 170 cm³/mol. The van der Waals surface area contributed by atoms with Crippen LogP contribution >= 0.6 is 0 Å². The Morgan fingerprint density at radius 2 is 1.89 bits per heavy atom. The van der Waals surface area contributed by atoms with E-state index in [1.54, 1.807) is 36.2 Å². The predicted octanol–water partition coefficient (Wildman–Crippen LogP) is 6.32. The zero-order chi connectivity index (χ0) is 32.2. The number of benzene rings is 2. The minimum Gasteiger partial charge on any atom is -0.492 e. The average molecular weight is 627 g/mol. The van der Waals surface area contributed by atoms with Crippen molar-refractivity contribution in [2.45, 2.75) is 32.7 Å². The number of halogens is 2. The van der Waals surface area contributed by atoms with Gasteiger partial charge in [-0.3, -0.25) is 9.78 Å². The Hall–Kier alpha value is -5.59. The maximum Gasteiger partial charge on any atom is 0.245 e. The third-order valence-electron chi connectivity index (χ3n) is 7.63. The number of likely N-dealkylation sites (tertiary alicyclic amines) is 1. The van der Waals surface area contributed by atoms with E-state index >= 15 is 4.39 Å². The SMILES string of the molecule is C=CC(=O)N1CCC(Nc2cc3c(Nc4ccc(Oc5ccn(-c6cnc(C)c(F)c6)n5)cc4F)ncnc3cc2OCC)CC1. The molecule has 4 heterocycles. The summed E-state index contributed by atoms with van der Waals surface area (Å²) in [4.78, 5) is 26.6. The van der Waals surface area contributed by atoms with Crippen molar-refractivity contribution in [3.05, 3.63) is 91.2 Å². The summed E-state index contributed by atoms with van der Waals surface area (Å²) < 4.78 is 42.4. The summed E-state index contributed by atoms with van der Waals surface area (Å²) in [6.07, 6.45) is 7.37. The molecular formula is C33H32F2N8O3. The molecule has 2 N–H and O–H groups in total. The number of hydrogen-bond donors (Lipinski definition) is 2. The number of pyridine rings is 1. The molecule has 2 aromatic carbocycles. The molecule has 0 bridgehead atoms. The molecule has 11 nitrogen and oxygen atoms in total. The summed E-state index contributed by atoms with van der Waals surface area (Å²) in [7, 11) is 0. The maximum atomic E-state index is 15.3. The number of amides is 1. The number of nitrogens with zero attached hydrogens (tertiary/aromatic N) is 6. The molecule has 1 aliphatic heterocycles. The van der Waals surface area contributed by atoms with E-state index in [2.05, 4.69) is 37.3 Å². The summed E-state index contributed by atoms with van der Waals surface area (Å²) >= 11 is 0. The number of nitrogens with one attached hydrogen (secondary N) is 2. The first kappa shape index (κ1) is 30.4. The Kier molecular flexibility index (Phi) is 8.72. The van der Waals surface area contributed by atoms with Gasteiger partial charge in [0.1, 0.15) is 35.3 Å². The molecule has 0 aliphatic carbocycles. The fourth-order valence-corrected chi connectivity index (χ4v) is 5.20. The van der Waals surface area contributed by atoms with Crippen LogP contribution in [-0.4, -0.2) is 61.3 Å². The Morgan fingerprint density at radius 3 is 2.63 bits per heavy atom. The molecule has 0 spiro atoms. The van der Waals surface area contributed by atoms with Gasteiger partial charge < -0.3 is 25.0 Å². The molecule has 0 atom stereocenters. The van der Waals surface area contributed by atoms with Crippen molar-refractivity contribution in [1.82, 2.24) is 29.6 Å². The second-order valence-electron chi connectivity index (χ2n) is 10.7. The molecule has 13 heteroatoms. The summed E-state index contributed by atoms with van der Waals surface area (Å²) in [6, 6.07) is 11.1. The lowest BCUT2D eigenvalue weighted by atomic mass is 10.0. The van der Waals surface area contributed by atoms with Crippen LogP contribution in [0.1, 0.15) is 25.5 Å². The minimum absolute atomic E-state index is 0.0664. The first-order valence-corrected chi connectivity index (χ1v) is 14.8. The molecule has 0 saturated carbocycles. The summed E-state index contributed by atoms with van der Waals surface area (Å²) in [5.74, 6) is 0.393. The fourth-order valence-electron chi connectivity index (χ4n) is 5.20. The molecule has 1 amide bonds. The molecule has 236 valence electrons. The van der Waals surface area contributed by atoms with Crippen molar-refractivity contribution < 1.29 is 23.0 Å². The number of carbonyl (C=O) groups excluding carboxylic acids is 1. The van der Waals surface area contributed by atoms with Crippen LogP contribution in [0.5, 0.6) is 17.4 Å². The van der Waals surface area contributed by atoms with Crippen LogP contribution in [0.2, 0.25) is 0 Å². The van der Waals surface area contributed by atoms with Gasteiger partial charge in [0, 0.05) is 55.0 Å². The highest BCUT2D eigenvalue weighted by Crippen LogP contribution is 2.35.